The maximum Gasteiger partial charge on any atom is 0.288 e. The molecule has 0 aliphatic heterocycles. The number of carbonyl (C=O) groups is 1. The van der Waals surface area contributed by atoms with Gasteiger partial charge in [0.25, 0.3) is 5.92 Å². The molecule has 1 N–H and O–H groups in total. The van der Waals surface area contributed by atoms with Gasteiger partial charge in [0.05, 0.1) is 22.4 Å². The van der Waals surface area contributed by atoms with Crippen LogP contribution in [0.5, 0.6) is 5.75 Å². The number of ketones is 1. The zero-order chi connectivity index (χ0) is 20.9. The van der Waals surface area contributed by atoms with Crippen molar-refractivity contribution >= 4 is 34.8 Å². The van der Waals surface area contributed by atoms with Crippen LogP contribution >= 0.6 is 23.2 Å². The van der Waals surface area contributed by atoms with Crippen LogP contribution < -0.4 is 10.1 Å². The molecular weight excluding hydrogens is 423 g/mol. The molecule has 9 heteroatoms. The van der Waals surface area contributed by atoms with E-state index < -0.39 is 5.92 Å². The summed E-state index contributed by atoms with van der Waals surface area (Å²) in [6.45, 7) is 0.773. The summed E-state index contributed by atoms with van der Waals surface area (Å²) in [5.74, 6) is -2.01. The van der Waals surface area contributed by atoms with Gasteiger partial charge in [0, 0.05) is 24.9 Å². The lowest BCUT2D eigenvalue weighted by atomic mass is 9.38. The van der Waals surface area contributed by atoms with Gasteiger partial charge in [-0.05, 0) is 36.8 Å². The van der Waals surface area contributed by atoms with Crippen molar-refractivity contribution < 1.29 is 18.3 Å². The summed E-state index contributed by atoms with van der Waals surface area (Å²) in [5, 5.41) is 4.09. The Morgan fingerprint density at radius 1 is 1.21 bits per heavy atom. The third-order valence-electron chi connectivity index (χ3n) is 5.50. The van der Waals surface area contributed by atoms with Crippen molar-refractivity contribution in [2.45, 2.75) is 44.1 Å². The van der Waals surface area contributed by atoms with E-state index in [0.717, 1.165) is 32.4 Å². The number of nitrogens with one attached hydrogen (secondary N) is 1. The summed E-state index contributed by atoms with van der Waals surface area (Å²) in [6.07, 6.45) is 5.39. The third kappa shape index (κ3) is 4.16. The Hall–Kier alpha value is -1.99. The van der Waals surface area contributed by atoms with E-state index in [4.69, 9.17) is 27.9 Å². The quantitative estimate of drug-likeness (QED) is 0.604. The van der Waals surface area contributed by atoms with Gasteiger partial charge in [0.15, 0.2) is 5.78 Å². The van der Waals surface area contributed by atoms with Crippen LogP contribution in [0, 0.1) is 5.41 Å². The highest BCUT2D eigenvalue weighted by atomic mass is 35.5. The summed E-state index contributed by atoms with van der Waals surface area (Å²) in [4.78, 5) is 20.1. The second-order valence-electron chi connectivity index (χ2n) is 8.19. The van der Waals surface area contributed by atoms with Crippen molar-refractivity contribution in [3.8, 4) is 5.75 Å². The molecule has 1 heterocycles. The molecule has 3 aliphatic carbocycles. The fraction of sp³-hybridized carbons (Fsp3) is 0.450. The van der Waals surface area contributed by atoms with Crippen LogP contribution in [-0.2, 0) is 10.7 Å². The molecule has 3 fully saturated rings. The van der Waals surface area contributed by atoms with E-state index in [0.29, 0.717) is 28.0 Å². The standard InChI is InChI=1S/C20H19Cl2F2N3O2/c1-18(23,24)16-6-26-17(7-25-16)27-20-9-19(10-20,11-20)5-12(28)8-29-13-2-3-14(21)15(22)4-13/h2-4,6-7H,5,8-11H2,1H3,(H,26,27). The third-order valence-corrected chi connectivity index (χ3v) is 6.24. The van der Waals surface area contributed by atoms with Gasteiger partial charge in [-0.3, -0.25) is 4.79 Å². The largest absolute Gasteiger partial charge is 0.486 e. The molecule has 29 heavy (non-hydrogen) atoms. The number of nitrogens with zero attached hydrogens (tertiary/aromatic N) is 2. The number of benzene rings is 1. The number of carbonyl (C=O) groups excluding carboxylic acids is 1. The molecule has 0 atom stereocenters. The maximum absolute atomic E-state index is 13.2. The van der Waals surface area contributed by atoms with E-state index in [1.807, 2.05) is 0 Å². The molecule has 0 amide bonds. The van der Waals surface area contributed by atoms with E-state index >= 15 is 0 Å². The fourth-order valence-corrected chi connectivity index (χ4v) is 4.70. The van der Waals surface area contributed by atoms with Gasteiger partial charge >= 0.3 is 0 Å². The molecule has 1 aromatic carbocycles. The van der Waals surface area contributed by atoms with Gasteiger partial charge in [-0.1, -0.05) is 23.2 Å². The molecule has 5 nitrogen and oxygen atoms in total. The van der Waals surface area contributed by atoms with E-state index in [2.05, 4.69) is 15.3 Å². The topological polar surface area (TPSA) is 64.1 Å². The first-order valence-electron chi connectivity index (χ1n) is 9.16. The molecule has 0 saturated heterocycles. The van der Waals surface area contributed by atoms with Crippen LogP contribution in [0.3, 0.4) is 0 Å². The predicted octanol–water partition coefficient (Wildman–Crippen LogP) is 5.27. The molecule has 0 unspecified atom stereocenters. The van der Waals surface area contributed by atoms with Gasteiger partial charge in [-0.15, -0.1) is 0 Å². The van der Waals surface area contributed by atoms with Crippen molar-refractivity contribution in [3.05, 3.63) is 46.3 Å². The van der Waals surface area contributed by atoms with Crippen LogP contribution in [-0.4, -0.2) is 27.9 Å². The number of hydrogen-bond acceptors (Lipinski definition) is 5. The Morgan fingerprint density at radius 3 is 2.52 bits per heavy atom. The Morgan fingerprint density at radius 2 is 1.93 bits per heavy atom. The number of alkyl halides is 2. The molecule has 3 saturated carbocycles. The number of anilines is 1. The summed E-state index contributed by atoms with van der Waals surface area (Å²) < 4.78 is 31.9. The predicted molar refractivity (Wildman–Crippen MR) is 106 cm³/mol. The van der Waals surface area contributed by atoms with Gasteiger partial charge in [0.1, 0.15) is 23.9 Å². The number of hydrogen-bond donors (Lipinski definition) is 1. The molecule has 1 aromatic heterocycles. The highest BCUT2D eigenvalue weighted by molar-refractivity contribution is 6.42. The first kappa shape index (κ1) is 20.3. The molecular formula is C20H19Cl2F2N3O2. The lowest BCUT2D eigenvalue weighted by Crippen LogP contribution is -2.71. The summed E-state index contributed by atoms with van der Waals surface area (Å²) >= 11 is 11.8. The molecule has 0 radical (unpaired) electrons. The monoisotopic (exact) mass is 441 g/mol. The van der Waals surface area contributed by atoms with Gasteiger partial charge < -0.3 is 10.1 Å². The molecule has 0 spiro atoms. The first-order chi connectivity index (χ1) is 13.6. The molecule has 3 aliphatic rings. The number of ether oxygens (including phenoxy) is 1. The Kier molecular flexibility index (Phi) is 4.94. The number of halogens is 4. The number of rotatable bonds is 8. The van der Waals surface area contributed by atoms with Crippen LogP contribution in [0.15, 0.2) is 30.6 Å². The first-order valence-corrected chi connectivity index (χ1v) is 9.92. The number of aromatic nitrogens is 2. The van der Waals surface area contributed by atoms with E-state index in [9.17, 15) is 13.6 Å². The van der Waals surface area contributed by atoms with Crippen molar-refractivity contribution in [3.63, 3.8) is 0 Å². The van der Waals surface area contributed by atoms with Crippen LogP contribution in [0.1, 0.15) is 38.3 Å². The van der Waals surface area contributed by atoms with Crippen molar-refractivity contribution in [2.75, 3.05) is 11.9 Å². The smallest absolute Gasteiger partial charge is 0.288 e. The Balaban J connectivity index is 1.24. The van der Waals surface area contributed by atoms with Gasteiger partial charge in [0.2, 0.25) is 0 Å². The minimum atomic E-state index is -3.01. The van der Waals surface area contributed by atoms with Crippen LogP contribution in [0.2, 0.25) is 10.0 Å². The van der Waals surface area contributed by atoms with Crippen molar-refractivity contribution in [2.24, 2.45) is 5.41 Å². The maximum atomic E-state index is 13.2. The Labute approximate surface area is 176 Å². The zero-order valence-electron chi connectivity index (χ0n) is 15.6. The molecule has 2 aromatic rings. The lowest BCUT2D eigenvalue weighted by Gasteiger charge is -2.70. The molecule has 5 rings (SSSR count). The zero-order valence-corrected chi connectivity index (χ0v) is 17.2. The summed E-state index contributed by atoms with van der Waals surface area (Å²) in [7, 11) is 0. The fourth-order valence-electron chi connectivity index (χ4n) is 4.41. The van der Waals surface area contributed by atoms with Gasteiger partial charge in [-0.2, -0.15) is 8.78 Å². The minimum absolute atomic E-state index is 0.00506. The summed E-state index contributed by atoms with van der Waals surface area (Å²) in [5.41, 5.74) is -0.477. The van der Waals surface area contributed by atoms with Gasteiger partial charge in [-0.25, -0.2) is 9.97 Å². The summed E-state index contributed by atoms with van der Waals surface area (Å²) in [6, 6.07) is 4.87. The lowest BCUT2D eigenvalue weighted by molar-refractivity contribution is -0.147. The molecule has 2 bridgehead atoms. The van der Waals surface area contributed by atoms with Crippen molar-refractivity contribution in [1.82, 2.24) is 9.97 Å². The van der Waals surface area contributed by atoms with E-state index in [1.54, 1.807) is 18.2 Å². The average molecular weight is 442 g/mol. The normalized spacial score (nSPS) is 25.0. The van der Waals surface area contributed by atoms with Crippen LogP contribution in [0.4, 0.5) is 14.6 Å². The van der Waals surface area contributed by atoms with E-state index in [-0.39, 0.29) is 29.0 Å². The van der Waals surface area contributed by atoms with E-state index in [1.165, 1.54) is 6.20 Å². The van der Waals surface area contributed by atoms with Crippen molar-refractivity contribution in [1.29, 1.82) is 0 Å². The molecule has 154 valence electrons. The Bertz CT molecular complexity index is 928. The highest BCUT2D eigenvalue weighted by Gasteiger charge is 2.68. The number of Topliss-reactive ketones (excluding diaryl/α,β-unsaturated/α-hetero) is 1. The minimum Gasteiger partial charge on any atom is -0.486 e. The van der Waals surface area contributed by atoms with Crippen LogP contribution in [0.25, 0.3) is 0 Å². The second kappa shape index (κ2) is 7.06. The SMILES string of the molecule is CC(F)(F)c1cnc(NC23CC(CC(=O)COc4ccc(Cl)c(Cl)c4)(C2)C3)cn1. The highest BCUT2D eigenvalue weighted by Crippen LogP contribution is 2.70. The second-order valence-corrected chi connectivity index (χ2v) is 9.01. The average Bonchev–Trinajstić information content (AvgIpc) is 2.59.